The van der Waals surface area contributed by atoms with E-state index in [1.165, 1.54) is 0 Å². The fraction of sp³-hybridized carbons (Fsp3) is 0.908. The van der Waals surface area contributed by atoms with Crippen molar-refractivity contribution in [2.45, 2.75) is 365 Å². The Bertz CT molecular complexity index is 3940. The number of carboxylic acids is 2. The van der Waals surface area contributed by atoms with E-state index >= 15 is 0 Å². The number of aliphatic carboxylic acids is 2. The van der Waals surface area contributed by atoms with Gasteiger partial charge in [-0.05, 0) is 0 Å². The number of amides is 5. The number of nitrogens with one attached hydrogen (secondary N) is 5. The Labute approximate surface area is 777 Å². The Morgan fingerprint density at radius 1 is 0.312 bits per heavy atom. The van der Waals surface area contributed by atoms with Crippen LogP contribution in [-0.2, 0) is 124 Å². The third kappa shape index (κ3) is 25.0. The monoisotopic (exact) mass is 2020 g/mol. The molecule has 0 bridgehead atoms. The van der Waals surface area contributed by atoms with Crippen LogP contribution in [0.2, 0.25) is 0 Å². The molecule has 10 aliphatic heterocycles. The summed E-state index contributed by atoms with van der Waals surface area (Å²) >= 11 is 0. The molecule has 10 heterocycles. The van der Waals surface area contributed by atoms with Crippen molar-refractivity contribution in [2.75, 3.05) is 66.2 Å². The zero-order valence-corrected chi connectivity index (χ0v) is 73.7. The van der Waals surface area contributed by atoms with Gasteiger partial charge >= 0.3 is 11.9 Å². The van der Waals surface area contributed by atoms with Crippen LogP contribution in [0.1, 0.15) is 47.5 Å². The van der Waals surface area contributed by atoms with Gasteiger partial charge in [-0.2, -0.15) is 0 Å². The first-order valence-electron chi connectivity index (χ1n) is 43.3. The second-order valence-corrected chi connectivity index (χ2v) is 34.5. The van der Waals surface area contributed by atoms with E-state index in [0.717, 1.165) is 34.6 Å². The van der Waals surface area contributed by atoms with Crippen LogP contribution in [0.4, 0.5) is 8.78 Å². The van der Waals surface area contributed by atoms with E-state index in [0.29, 0.717) is 0 Å². The molecule has 10 aliphatic rings. The van der Waals surface area contributed by atoms with Gasteiger partial charge in [-0.15, -0.1) is 0 Å². The molecule has 10 saturated heterocycles. The number of aliphatic hydroxyl groups is 27. The number of halogens is 2. The van der Waals surface area contributed by atoms with E-state index < -0.39 is 438 Å². The van der Waals surface area contributed by atoms with Gasteiger partial charge in [0.1, 0.15) is 245 Å². The zero-order chi connectivity index (χ0) is 102. The highest BCUT2D eigenvalue weighted by Crippen LogP contribution is 2.44. The van der Waals surface area contributed by atoms with Crippen molar-refractivity contribution in [2.24, 2.45) is 0 Å². The lowest BCUT2D eigenvalue weighted by molar-refractivity contribution is -0.400. The number of rotatable bonds is 39. The van der Waals surface area contributed by atoms with Crippen molar-refractivity contribution >= 4 is 41.5 Å². The molecule has 10 rings (SSSR count). The lowest BCUT2D eigenvalue weighted by Gasteiger charge is -2.51. The van der Waals surface area contributed by atoms with Gasteiger partial charge in [0.25, 0.3) is 11.6 Å². The van der Waals surface area contributed by atoms with Crippen molar-refractivity contribution in [1.82, 2.24) is 26.6 Å². The number of carbonyl (C=O) groups excluding carboxylic acids is 5. The summed E-state index contributed by atoms with van der Waals surface area (Å²) in [7, 11) is 0. The number of alkyl halides is 2. The standard InChI is InChI=1S/C76H123F2N5O55/c1-18(91)79-35-23(96)6-75(73(116)117,135-58(35)40(100)25(98)8-77)137-61-44(104)29(12-86)122-69(53(61)113)130-56-32(15-89)126-66(38(48(56)108)82-21(4)94)133-63-50(110)42(102)27(10-84)124-71(63)120-17-34-46(106)60(52(112)68(128-34)129-55-31(14-88)121-65(115)37(47(55)107)81-20(3)93)132-72-64(51(111)43(103)28(11-85)125-72)134-67-39(83-22(5)95)49(109)57(33(16-90)127-67)131-70-54(114)62(45(105)30(13-87)123-70)138-76(74(118)119)7-24(97)36(80-19(2)92)59(136-76)41(101)26(99)9-78/h23-72,84-90,96-115H,6-17H2,1-5H3,(H,79,91)(H,80,92)(H,81,93)(H,82,94)(H,83,95)(H,116,117)(H,118,119)/t23?,24?,25-,26-,27?,28?,29?,30?,31?,32?,33?,34?,35?,36?,37?,38?,39?,40-,41+,42?,43?,44?,45?,46?,47?,48?,49?,50?,51?,52?,53?,54?,55?,56?,57?,58?,59?,60?,61?,62?,63?,64?,65?,66?,67?,68?,69?,70?,71?,72?,75?,76?/m1/s1. The molecule has 34 N–H and O–H groups in total. The molecule has 138 heavy (non-hydrogen) atoms. The summed E-state index contributed by atoms with van der Waals surface area (Å²) < 4.78 is 140. The minimum atomic E-state index is -3.37. The van der Waals surface area contributed by atoms with Crippen molar-refractivity contribution < 1.29 is 280 Å². The third-order valence-corrected chi connectivity index (χ3v) is 24.8. The number of hydrogen-bond acceptors (Lipinski definition) is 53. The minimum absolute atomic E-state index is 0.838. The molecule has 5 amide bonds. The normalized spacial score (nSPS) is 46.2. The maximum atomic E-state index is 13.8. The van der Waals surface area contributed by atoms with Crippen LogP contribution in [-0.4, -0.2) is 574 Å². The van der Waals surface area contributed by atoms with E-state index in [2.05, 4.69) is 26.6 Å². The van der Waals surface area contributed by atoms with Gasteiger partial charge in [-0.3, -0.25) is 24.0 Å². The molecule has 52 atom stereocenters. The molecular formula is C76H123F2N5O55. The van der Waals surface area contributed by atoms with Crippen molar-refractivity contribution in [3.63, 3.8) is 0 Å². The zero-order valence-electron chi connectivity index (χ0n) is 73.7. The number of hydrogen-bond donors (Lipinski definition) is 34. The number of aliphatic hydroxyl groups excluding tert-OH is 27. The first-order chi connectivity index (χ1) is 65.0. The highest BCUT2D eigenvalue weighted by atomic mass is 19.1. The second kappa shape index (κ2) is 49.0. The van der Waals surface area contributed by atoms with Gasteiger partial charge < -0.3 is 265 Å². The van der Waals surface area contributed by atoms with Gasteiger partial charge in [-0.25, -0.2) is 18.4 Å². The predicted octanol–water partition coefficient (Wildman–Crippen LogP) is -21.7. The summed E-state index contributed by atoms with van der Waals surface area (Å²) in [5.41, 5.74) is 0. The fourth-order valence-electron chi connectivity index (χ4n) is 17.7. The topological polar surface area (TPSA) is 942 Å². The number of ether oxygens (including phenoxy) is 19. The predicted molar refractivity (Wildman–Crippen MR) is 420 cm³/mol. The first-order valence-corrected chi connectivity index (χ1v) is 43.3. The Hall–Kier alpha value is -5.69. The average Bonchev–Trinajstić information content (AvgIpc) is 0.752. The molecule has 0 radical (unpaired) electrons. The number of carboxylic acid groups (broad SMARTS) is 2. The largest absolute Gasteiger partial charge is 0.477 e. The maximum absolute atomic E-state index is 13.8. The molecule has 48 unspecified atom stereocenters. The summed E-state index contributed by atoms with van der Waals surface area (Å²) in [6, 6.07) is -9.78. The molecule has 0 aliphatic carbocycles. The van der Waals surface area contributed by atoms with Crippen LogP contribution < -0.4 is 26.6 Å². The smallest absolute Gasteiger partial charge is 0.364 e. The molecule has 796 valence electrons. The first kappa shape index (κ1) is 114. The Morgan fingerprint density at radius 3 is 0.935 bits per heavy atom. The third-order valence-electron chi connectivity index (χ3n) is 24.8. The van der Waals surface area contributed by atoms with Crippen LogP contribution >= 0.6 is 0 Å². The van der Waals surface area contributed by atoms with E-state index in [1.54, 1.807) is 0 Å². The van der Waals surface area contributed by atoms with E-state index in [4.69, 9.17) is 90.0 Å². The molecule has 0 aromatic heterocycles. The Balaban J connectivity index is 0.932. The quantitative estimate of drug-likeness (QED) is 0.0272. The SMILES string of the molecule is CC(=O)NC1C(O)OC(CO)C(OC2OC(COC3OC(CO)C(O)C(O)C3OC3OC(CO)C(OC4OC(CO)C(O)C(OC5(C(=O)O)CC(O)C(NC(C)=O)C([C@H](O)[C@H](O)CF)O5)C4O)C(O)C3NC(C)=O)C(O)C(OC3OC(CO)C(O)C(O)C3OC3OC(CO)C(OC4OC(CO)C(O)C(OC5(C(=O)O)CC(O)C(NC(C)=O)C([C@@H](O)[C@H](O)CF)O5)C4O)C(O)C3NC(C)=O)C2O)C1O. The Morgan fingerprint density at radius 2 is 0.587 bits per heavy atom. The van der Waals surface area contributed by atoms with Crippen LogP contribution in [0.25, 0.3) is 0 Å². The summed E-state index contributed by atoms with van der Waals surface area (Å²) in [6.07, 6.45) is -107. The van der Waals surface area contributed by atoms with Crippen molar-refractivity contribution in [3.8, 4) is 0 Å². The molecular weight excluding hydrogens is 1900 g/mol. The van der Waals surface area contributed by atoms with Crippen LogP contribution in [0.5, 0.6) is 0 Å². The molecule has 0 aromatic rings. The van der Waals surface area contributed by atoms with E-state index in [1.807, 2.05) is 0 Å². The van der Waals surface area contributed by atoms with E-state index in [9.17, 15) is 190 Å². The van der Waals surface area contributed by atoms with Crippen LogP contribution in [0.3, 0.4) is 0 Å². The van der Waals surface area contributed by atoms with Gasteiger partial charge in [-0.1, -0.05) is 0 Å². The highest BCUT2D eigenvalue weighted by Gasteiger charge is 2.66. The fourth-order valence-corrected chi connectivity index (χ4v) is 17.7. The van der Waals surface area contributed by atoms with Crippen molar-refractivity contribution in [1.29, 1.82) is 0 Å². The van der Waals surface area contributed by atoms with Gasteiger partial charge in [0, 0.05) is 47.5 Å². The van der Waals surface area contributed by atoms with Crippen LogP contribution in [0.15, 0.2) is 0 Å². The summed E-state index contributed by atoms with van der Waals surface area (Å²) in [5.74, 6) is -16.1. The minimum Gasteiger partial charge on any atom is -0.477 e. The Kier molecular flexibility index (Phi) is 40.6. The molecule has 0 spiro atoms. The van der Waals surface area contributed by atoms with Crippen molar-refractivity contribution in [3.05, 3.63) is 0 Å². The molecule has 60 nitrogen and oxygen atoms in total. The second-order valence-electron chi connectivity index (χ2n) is 34.5. The molecule has 10 fully saturated rings. The molecule has 0 saturated carbocycles. The van der Waals surface area contributed by atoms with Crippen LogP contribution in [0, 0.1) is 0 Å². The maximum Gasteiger partial charge on any atom is 0.364 e. The lowest BCUT2D eigenvalue weighted by atomic mass is 9.88. The number of carbonyl (C=O) groups is 7. The summed E-state index contributed by atoms with van der Waals surface area (Å²) in [4.78, 5) is 89.8. The molecule has 0 aromatic carbocycles. The van der Waals surface area contributed by atoms with Gasteiger partial charge in [0.15, 0.2) is 50.3 Å². The lowest BCUT2D eigenvalue weighted by Crippen LogP contribution is -2.71. The summed E-state index contributed by atoms with van der Waals surface area (Å²) in [6.45, 7) is -9.09. The average molecular weight is 2020 g/mol. The van der Waals surface area contributed by atoms with Gasteiger partial charge in [0.2, 0.25) is 29.5 Å². The highest BCUT2D eigenvalue weighted by molar-refractivity contribution is 5.78. The summed E-state index contributed by atoms with van der Waals surface area (Å²) in [5, 5.41) is 339. The van der Waals surface area contributed by atoms with Gasteiger partial charge in [0.05, 0.1) is 77.1 Å². The molecule has 62 heteroatoms. The van der Waals surface area contributed by atoms with E-state index in [-0.39, 0.29) is 0 Å².